The third-order valence-electron chi connectivity index (χ3n) is 4.02. The second kappa shape index (κ2) is 12.5. The maximum atomic E-state index is 11.9. The quantitative estimate of drug-likeness (QED) is 0.322. The number of benzene rings is 1. The van der Waals surface area contributed by atoms with Crippen molar-refractivity contribution in [1.82, 2.24) is 0 Å². The van der Waals surface area contributed by atoms with E-state index >= 15 is 0 Å². The monoisotopic (exact) mass is 340 g/mol. The van der Waals surface area contributed by atoms with Gasteiger partial charge in [0.05, 0.1) is 11.5 Å². The van der Waals surface area contributed by atoms with Crippen LogP contribution in [0.4, 0.5) is 0 Å². The number of rotatable bonds is 14. The van der Waals surface area contributed by atoms with E-state index < -0.39 is 10.1 Å². The van der Waals surface area contributed by atoms with Crippen molar-refractivity contribution in [2.45, 2.75) is 82.4 Å². The van der Waals surface area contributed by atoms with Crippen LogP contribution >= 0.6 is 0 Å². The lowest BCUT2D eigenvalue weighted by molar-refractivity contribution is 0.306. The van der Waals surface area contributed by atoms with Crippen molar-refractivity contribution in [2.24, 2.45) is 0 Å². The first-order valence-corrected chi connectivity index (χ1v) is 10.5. The number of unbranched alkanes of at least 4 members (excludes halogenated alkanes) is 10. The van der Waals surface area contributed by atoms with E-state index in [2.05, 4.69) is 6.92 Å². The fourth-order valence-electron chi connectivity index (χ4n) is 2.59. The van der Waals surface area contributed by atoms with Gasteiger partial charge in [-0.1, -0.05) is 89.3 Å². The van der Waals surface area contributed by atoms with Gasteiger partial charge in [-0.05, 0) is 18.6 Å². The molecule has 0 aliphatic heterocycles. The molecule has 132 valence electrons. The molecule has 1 rings (SSSR count). The molecule has 0 amide bonds. The molecule has 0 aromatic heterocycles. The zero-order chi connectivity index (χ0) is 16.8. The lowest BCUT2D eigenvalue weighted by atomic mass is 10.1. The lowest BCUT2D eigenvalue weighted by Crippen LogP contribution is -2.07. The van der Waals surface area contributed by atoms with Crippen molar-refractivity contribution in [3.8, 4) is 0 Å². The summed E-state index contributed by atoms with van der Waals surface area (Å²) in [6.07, 6.45) is 13.7. The van der Waals surface area contributed by atoms with Crippen molar-refractivity contribution in [1.29, 1.82) is 0 Å². The second-order valence-corrected chi connectivity index (χ2v) is 7.74. The summed E-state index contributed by atoms with van der Waals surface area (Å²) in [6, 6.07) is 8.34. The largest absolute Gasteiger partial charge is 0.296 e. The van der Waals surface area contributed by atoms with Crippen LogP contribution in [0.15, 0.2) is 35.2 Å². The average molecular weight is 341 g/mol. The molecule has 0 bridgehead atoms. The molecule has 0 fully saturated rings. The normalized spacial score (nSPS) is 11.7. The van der Waals surface area contributed by atoms with Gasteiger partial charge in [0.15, 0.2) is 0 Å². The highest BCUT2D eigenvalue weighted by Crippen LogP contribution is 2.14. The summed E-state index contributed by atoms with van der Waals surface area (Å²) < 4.78 is 28.9. The van der Waals surface area contributed by atoms with Crippen molar-refractivity contribution in [3.05, 3.63) is 30.3 Å². The van der Waals surface area contributed by atoms with Gasteiger partial charge in [0.1, 0.15) is 0 Å². The SMILES string of the molecule is CCCCCCCCCCCCCOS(=O)(=O)c1ccccc1. The van der Waals surface area contributed by atoms with Gasteiger partial charge in [-0.3, -0.25) is 4.18 Å². The van der Waals surface area contributed by atoms with E-state index in [0.29, 0.717) is 0 Å². The molecule has 0 N–H and O–H groups in total. The van der Waals surface area contributed by atoms with Crippen molar-refractivity contribution in [3.63, 3.8) is 0 Å². The Morgan fingerprint density at radius 2 is 1.22 bits per heavy atom. The van der Waals surface area contributed by atoms with Crippen LogP contribution < -0.4 is 0 Å². The Labute approximate surface area is 142 Å². The summed E-state index contributed by atoms with van der Waals surface area (Å²) in [7, 11) is -3.57. The summed E-state index contributed by atoms with van der Waals surface area (Å²) >= 11 is 0. The van der Waals surface area contributed by atoms with E-state index in [4.69, 9.17) is 4.18 Å². The van der Waals surface area contributed by atoms with Gasteiger partial charge in [-0.15, -0.1) is 0 Å². The Morgan fingerprint density at radius 1 is 0.739 bits per heavy atom. The molecule has 0 saturated heterocycles. The predicted octanol–water partition coefficient (Wildman–Crippen LogP) is 5.70. The van der Waals surface area contributed by atoms with Gasteiger partial charge in [0.2, 0.25) is 0 Å². The lowest BCUT2D eigenvalue weighted by Gasteiger charge is -2.05. The molecule has 0 saturated carbocycles. The Balaban J connectivity index is 1.96. The first-order valence-electron chi connectivity index (χ1n) is 9.11. The van der Waals surface area contributed by atoms with Crippen LogP contribution in [-0.4, -0.2) is 15.0 Å². The molecule has 0 aliphatic carbocycles. The van der Waals surface area contributed by atoms with Crippen LogP contribution in [0.3, 0.4) is 0 Å². The minimum absolute atomic E-state index is 0.239. The van der Waals surface area contributed by atoms with Gasteiger partial charge in [-0.2, -0.15) is 8.42 Å². The summed E-state index contributed by atoms with van der Waals surface area (Å²) in [4.78, 5) is 0.239. The van der Waals surface area contributed by atoms with E-state index in [9.17, 15) is 8.42 Å². The summed E-state index contributed by atoms with van der Waals surface area (Å²) in [5.74, 6) is 0. The first-order chi connectivity index (χ1) is 11.2. The second-order valence-electron chi connectivity index (χ2n) is 6.12. The molecule has 0 unspecified atom stereocenters. The van der Waals surface area contributed by atoms with Crippen molar-refractivity contribution < 1.29 is 12.6 Å². The highest BCUT2D eigenvalue weighted by molar-refractivity contribution is 7.86. The maximum Gasteiger partial charge on any atom is 0.296 e. The van der Waals surface area contributed by atoms with E-state index in [0.717, 1.165) is 12.8 Å². The minimum atomic E-state index is -3.57. The molecule has 1 aromatic rings. The molecule has 0 heterocycles. The van der Waals surface area contributed by atoms with Gasteiger partial charge >= 0.3 is 0 Å². The average Bonchev–Trinajstić information content (AvgIpc) is 2.56. The van der Waals surface area contributed by atoms with Crippen LogP contribution in [0.2, 0.25) is 0 Å². The standard InChI is InChI=1S/C19H32O3S/c1-2-3-4-5-6-7-8-9-10-11-15-18-22-23(20,21)19-16-13-12-14-17-19/h12-14,16-17H,2-11,15,18H2,1H3. The van der Waals surface area contributed by atoms with E-state index in [-0.39, 0.29) is 11.5 Å². The Hall–Kier alpha value is -0.870. The van der Waals surface area contributed by atoms with Crippen molar-refractivity contribution >= 4 is 10.1 Å². The van der Waals surface area contributed by atoms with E-state index in [1.165, 1.54) is 57.8 Å². The summed E-state index contributed by atoms with van der Waals surface area (Å²) in [5.41, 5.74) is 0. The molecule has 0 radical (unpaired) electrons. The smallest absolute Gasteiger partial charge is 0.266 e. The molecular formula is C19H32O3S. The van der Waals surface area contributed by atoms with E-state index in [1.54, 1.807) is 30.3 Å². The molecule has 23 heavy (non-hydrogen) atoms. The highest BCUT2D eigenvalue weighted by atomic mass is 32.2. The fourth-order valence-corrected chi connectivity index (χ4v) is 3.55. The summed E-state index contributed by atoms with van der Waals surface area (Å²) in [5, 5.41) is 0. The van der Waals surface area contributed by atoms with Gasteiger partial charge in [0.25, 0.3) is 10.1 Å². The maximum absolute atomic E-state index is 11.9. The number of hydrogen-bond acceptors (Lipinski definition) is 3. The molecule has 3 nitrogen and oxygen atoms in total. The topological polar surface area (TPSA) is 43.4 Å². The highest BCUT2D eigenvalue weighted by Gasteiger charge is 2.13. The van der Waals surface area contributed by atoms with Gasteiger partial charge < -0.3 is 0 Å². The molecule has 0 atom stereocenters. The van der Waals surface area contributed by atoms with Crippen LogP contribution in [0.1, 0.15) is 77.6 Å². The molecule has 0 spiro atoms. The minimum Gasteiger partial charge on any atom is -0.266 e. The van der Waals surface area contributed by atoms with Gasteiger partial charge in [-0.25, -0.2) is 0 Å². The third kappa shape index (κ3) is 9.77. The molecule has 0 aliphatic rings. The fraction of sp³-hybridized carbons (Fsp3) is 0.684. The molecular weight excluding hydrogens is 308 g/mol. The summed E-state index contributed by atoms with van der Waals surface area (Å²) in [6.45, 7) is 2.53. The van der Waals surface area contributed by atoms with Crippen LogP contribution in [0.5, 0.6) is 0 Å². The third-order valence-corrected chi connectivity index (χ3v) is 5.34. The predicted molar refractivity (Wildman–Crippen MR) is 96.0 cm³/mol. The van der Waals surface area contributed by atoms with Crippen LogP contribution in [0.25, 0.3) is 0 Å². The Morgan fingerprint density at radius 3 is 1.74 bits per heavy atom. The molecule has 4 heteroatoms. The zero-order valence-corrected chi connectivity index (χ0v) is 15.3. The van der Waals surface area contributed by atoms with Crippen molar-refractivity contribution in [2.75, 3.05) is 6.61 Å². The van der Waals surface area contributed by atoms with Gasteiger partial charge in [0, 0.05) is 0 Å². The van der Waals surface area contributed by atoms with Crippen LogP contribution in [0, 0.1) is 0 Å². The molecule has 1 aromatic carbocycles. The number of hydrogen-bond donors (Lipinski definition) is 0. The zero-order valence-electron chi connectivity index (χ0n) is 14.5. The van der Waals surface area contributed by atoms with E-state index in [1.807, 2.05) is 0 Å². The first kappa shape index (κ1) is 20.2. The van der Waals surface area contributed by atoms with Crippen LogP contribution in [-0.2, 0) is 14.3 Å². The Bertz CT molecular complexity index is 483. The Kier molecular flexibility index (Phi) is 11.0.